The van der Waals surface area contributed by atoms with Gasteiger partial charge < -0.3 is 14.4 Å². The molecule has 1 amide bonds. The van der Waals surface area contributed by atoms with Crippen molar-refractivity contribution in [2.24, 2.45) is 0 Å². The van der Waals surface area contributed by atoms with E-state index in [1.807, 2.05) is 68.7 Å². The van der Waals surface area contributed by atoms with Gasteiger partial charge in [-0.2, -0.15) is 0 Å². The number of carbonyl (C=O) groups is 1. The highest BCUT2D eigenvalue weighted by Gasteiger charge is 2.31. The molecule has 1 saturated heterocycles. The van der Waals surface area contributed by atoms with Crippen LogP contribution in [0.5, 0.6) is 11.5 Å². The predicted octanol–water partition coefficient (Wildman–Crippen LogP) is 2.52. The van der Waals surface area contributed by atoms with Crippen LogP contribution in [0.3, 0.4) is 0 Å². The van der Waals surface area contributed by atoms with Crippen LogP contribution in [0, 0.1) is 0 Å². The van der Waals surface area contributed by atoms with Gasteiger partial charge in [0.25, 0.3) is 0 Å². The molecule has 1 atom stereocenters. The largest absolute Gasteiger partial charge is 0.497 e. The summed E-state index contributed by atoms with van der Waals surface area (Å²) < 4.78 is 11.0. The summed E-state index contributed by atoms with van der Waals surface area (Å²) in [4.78, 5) is 19.2. The molecule has 156 valence electrons. The average Bonchev–Trinajstić information content (AvgIpc) is 2.76. The third-order valence-electron chi connectivity index (χ3n) is 5.30. The van der Waals surface area contributed by atoms with Gasteiger partial charge in [0.15, 0.2) is 0 Å². The number of benzene rings is 2. The van der Waals surface area contributed by atoms with E-state index in [-0.39, 0.29) is 11.9 Å². The molecule has 29 heavy (non-hydrogen) atoms. The number of carbonyl (C=O) groups excluding carboxylic acids is 1. The molecule has 0 aromatic heterocycles. The molecule has 0 aliphatic carbocycles. The van der Waals surface area contributed by atoms with Crippen molar-refractivity contribution in [2.45, 2.75) is 6.04 Å². The second kappa shape index (κ2) is 10.3. The van der Waals surface area contributed by atoms with Crippen LogP contribution in [0.4, 0.5) is 0 Å². The van der Waals surface area contributed by atoms with E-state index in [0.717, 1.165) is 49.8 Å². The van der Waals surface area contributed by atoms with Crippen molar-refractivity contribution in [2.75, 3.05) is 60.5 Å². The number of methoxy groups -OCH3 is 1. The standard InChI is InChI=1S/C23H31N3O3/c1-24(2)23(27)22(19-7-5-4-6-8-19)26-15-13-25(14-16-26)17-18-29-21-11-9-20(28-3)10-12-21/h4-12,22H,13-18H2,1-3H3. The highest BCUT2D eigenvalue weighted by Crippen LogP contribution is 2.24. The fraction of sp³-hybridized carbons (Fsp3) is 0.435. The number of hydrogen-bond acceptors (Lipinski definition) is 5. The SMILES string of the molecule is COc1ccc(OCCN2CCN(C(C(=O)N(C)C)c3ccccc3)CC2)cc1. The van der Waals surface area contributed by atoms with Gasteiger partial charge in [0.2, 0.25) is 5.91 Å². The van der Waals surface area contributed by atoms with Gasteiger partial charge in [0, 0.05) is 46.8 Å². The molecule has 0 spiro atoms. The quantitative estimate of drug-likeness (QED) is 0.685. The number of nitrogens with zero attached hydrogens (tertiary/aromatic N) is 3. The van der Waals surface area contributed by atoms with Crippen LogP contribution in [0.15, 0.2) is 54.6 Å². The second-order valence-corrected chi connectivity index (χ2v) is 7.45. The maximum atomic E-state index is 12.8. The lowest BCUT2D eigenvalue weighted by molar-refractivity contribution is -0.135. The molecule has 0 N–H and O–H groups in total. The Morgan fingerprint density at radius 2 is 1.59 bits per heavy atom. The van der Waals surface area contributed by atoms with E-state index in [1.165, 1.54) is 0 Å². The summed E-state index contributed by atoms with van der Waals surface area (Å²) in [6, 6.07) is 17.5. The van der Waals surface area contributed by atoms with Gasteiger partial charge in [-0.15, -0.1) is 0 Å². The predicted molar refractivity (Wildman–Crippen MR) is 114 cm³/mol. The Hall–Kier alpha value is -2.57. The van der Waals surface area contributed by atoms with Gasteiger partial charge in [0.05, 0.1) is 7.11 Å². The van der Waals surface area contributed by atoms with Crippen molar-refractivity contribution in [1.82, 2.24) is 14.7 Å². The number of piperazine rings is 1. The summed E-state index contributed by atoms with van der Waals surface area (Å²) in [7, 11) is 5.31. The van der Waals surface area contributed by atoms with Crippen LogP contribution in [0.2, 0.25) is 0 Å². The van der Waals surface area contributed by atoms with Crippen LogP contribution in [0.1, 0.15) is 11.6 Å². The molecule has 2 aromatic rings. The number of hydrogen-bond donors (Lipinski definition) is 0. The molecule has 0 bridgehead atoms. The zero-order valence-corrected chi connectivity index (χ0v) is 17.6. The first-order chi connectivity index (χ1) is 14.1. The molecule has 1 fully saturated rings. The van der Waals surface area contributed by atoms with E-state index in [0.29, 0.717) is 6.61 Å². The average molecular weight is 398 g/mol. The Bertz CT molecular complexity index is 757. The zero-order valence-electron chi connectivity index (χ0n) is 17.6. The fourth-order valence-electron chi connectivity index (χ4n) is 3.60. The highest BCUT2D eigenvalue weighted by atomic mass is 16.5. The minimum absolute atomic E-state index is 0.132. The van der Waals surface area contributed by atoms with E-state index >= 15 is 0 Å². The number of likely N-dealkylation sites (N-methyl/N-ethyl adjacent to an activating group) is 1. The van der Waals surface area contributed by atoms with Crippen molar-refractivity contribution < 1.29 is 14.3 Å². The van der Waals surface area contributed by atoms with Crippen LogP contribution >= 0.6 is 0 Å². The molecule has 6 nitrogen and oxygen atoms in total. The molecule has 1 unspecified atom stereocenters. The Labute approximate surface area is 173 Å². The number of rotatable bonds is 8. The van der Waals surface area contributed by atoms with Crippen LogP contribution in [-0.4, -0.2) is 81.1 Å². The first-order valence-corrected chi connectivity index (χ1v) is 10.1. The van der Waals surface area contributed by atoms with Crippen LogP contribution < -0.4 is 9.47 Å². The third-order valence-corrected chi connectivity index (χ3v) is 5.30. The molecule has 1 aliphatic rings. The molecule has 2 aromatic carbocycles. The summed E-state index contributed by atoms with van der Waals surface area (Å²) in [6.07, 6.45) is 0. The Kier molecular flexibility index (Phi) is 7.49. The van der Waals surface area contributed by atoms with Crippen molar-refractivity contribution in [3.05, 3.63) is 60.2 Å². The maximum Gasteiger partial charge on any atom is 0.244 e. The van der Waals surface area contributed by atoms with E-state index in [2.05, 4.69) is 9.80 Å². The van der Waals surface area contributed by atoms with E-state index < -0.39 is 0 Å². The topological polar surface area (TPSA) is 45.3 Å². The van der Waals surface area contributed by atoms with Gasteiger partial charge in [0.1, 0.15) is 24.1 Å². The molecule has 3 rings (SSSR count). The fourth-order valence-corrected chi connectivity index (χ4v) is 3.60. The molecule has 0 radical (unpaired) electrons. The summed E-state index contributed by atoms with van der Waals surface area (Å²) >= 11 is 0. The smallest absolute Gasteiger partial charge is 0.244 e. The normalized spacial score (nSPS) is 16.2. The molecule has 6 heteroatoms. The van der Waals surface area contributed by atoms with E-state index in [1.54, 1.807) is 12.0 Å². The van der Waals surface area contributed by atoms with Gasteiger partial charge in [-0.05, 0) is 29.8 Å². The summed E-state index contributed by atoms with van der Waals surface area (Å²) in [6.45, 7) is 5.10. The second-order valence-electron chi connectivity index (χ2n) is 7.45. The van der Waals surface area contributed by atoms with Crippen molar-refractivity contribution in [3.8, 4) is 11.5 Å². The first kappa shape index (κ1) is 21.1. The maximum absolute atomic E-state index is 12.8. The van der Waals surface area contributed by atoms with Gasteiger partial charge in [-0.3, -0.25) is 14.6 Å². The monoisotopic (exact) mass is 397 g/mol. The summed E-state index contributed by atoms with van der Waals surface area (Å²) in [5.74, 6) is 1.81. The number of amides is 1. The van der Waals surface area contributed by atoms with E-state index in [4.69, 9.17) is 9.47 Å². The zero-order chi connectivity index (χ0) is 20.6. The third kappa shape index (κ3) is 5.71. The number of ether oxygens (including phenoxy) is 2. The molecule has 1 aliphatic heterocycles. The van der Waals surface area contributed by atoms with Crippen molar-refractivity contribution >= 4 is 5.91 Å². The van der Waals surface area contributed by atoms with Crippen molar-refractivity contribution in [1.29, 1.82) is 0 Å². The molecular weight excluding hydrogens is 366 g/mol. The lowest BCUT2D eigenvalue weighted by atomic mass is 10.0. The summed E-state index contributed by atoms with van der Waals surface area (Å²) in [5, 5.41) is 0. The molecule has 1 heterocycles. The van der Waals surface area contributed by atoms with Gasteiger partial charge >= 0.3 is 0 Å². The van der Waals surface area contributed by atoms with Gasteiger partial charge in [-0.1, -0.05) is 30.3 Å². The molecular formula is C23H31N3O3. The Balaban J connectivity index is 1.50. The highest BCUT2D eigenvalue weighted by molar-refractivity contribution is 5.82. The van der Waals surface area contributed by atoms with Crippen molar-refractivity contribution in [3.63, 3.8) is 0 Å². The Morgan fingerprint density at radius 1 is 0.966 bits per heavy atom. The summed E-state index contributed by atoms with van der Waals surface area (Å²) in [5.41, 5.74) is 1.06. The lowest BCUT2D eigenvalue weighted by Crippen LogP contribution is -2.51. The van der Waals surface area contributed by atoms with Crippen LogP contribution in [-0.2, 0) is 4.79 Å². The first-order valence-electron chi connectivity index (χ1n) is 10.1. The van der Waals surface area contributed by atoms with E-state index in [9.17, 15) is 4.79 Å². The minimum atomic E-state index is -0.219. The van der Waals surface area contributed by atoms with Gasteiger partial charge in [-0.25, -0.2) is 0 Å². The lowest BCUT2D eigenvalue weighted by Gasteiger charge is -2.39. The Morgan fingerprint density at radius 3 is 2.17 bits per heavy atom. The minimum Gasteiger partial charge on any atom is -0.497 e. The molecule has 0 saturated carbocycles. The van der Waals surface area contributed by atoms with Crippen LogP contribution in [0.25, 0.3) is 0 Å².